The predicted molar refractivity (Wildman–Crippen MR) is 80.5 cm³/mol. The van der Waals surface area contributed by atoms with Gasteiger partial charge in [-0.05, 0) is 37.8 Å². The molecule has 1 aliphatic rings. The second kappa shape index (κ2) is 5.58. The number of hydrogen-bond acceptors (Lipinski definition) is 5. The van der Waals surface area contributed by atoms with E-state index in [1.807, 2.05) is 0 Å². The molecule has 0 saturated heterocycles. The van der Waals surface area contributed by atoms with Crippen LogP contribution < -0.4 is 10.6 Å². The molecule has 0 unspecified atom stereocenters. The fourth-order valence-corrected chi connectivity index (χ4v) is 3.33. The maximum Gasteiger partial charge on any atom is 0.257 e. The molecule has 2 aromatic heterocycles. The number of nitrogens with one attached hydrogen (secondary N) is 2. The number of nitrogens with zero attached hydrogens (tertiary/aromatic N) is 2. The van der Waals surface area contributed by atoms with Crippen molar-refractivity contribution in [1.29, 1.82) is 0 Å². The van der Waals surface area contributed by atoms with Gasteiger partial charge in [-0.15, -0.1) is 11.3 Å². The first-order valence-corrected chi connectivity index (χ1v) is 7.51. The fourth-order valence-electron chi connectivity index (χ4n) is 2.28. The summed E-state index contributed by atoms with van der Waals surface area (Å²) in [7, 11) is 1.78. The van der Waals surface area contributed by atoms with Crippen molar-refractivity contribution in [2.24, 2.45) is 0 Å². The Morgan fingerprint density at radius 1 is 1.35 bits per heavy atom. The average Bonchev–Trinajstić information content (AvgIpc) is 2.89. The van der Waals surface area contributed by atoms with Crippen molar-refractivity contribution in [3.05, 3.63) is 34.5 Å². The van der Waals surface area contributed by atoms with Crippen LogP contribution in [-0.4, -0.2) is 22.9 Å². The van der Waals surface area contributed by atoms with E-state index in [2.05, 4.69) is 20.6 Å². The largest absolute Gasteiger partial charge is 0.373 e. The molecule has 3 rings (SSSR count). The van der Waals surface area contributed by atoms with Crippen molar-refractivity contribution in [3.63, 3.8) is 0 Å². The molecule has 0 saturated carbocycles. The van der Waals surface area contributed by atoms with Gasteiger partial charge >= 0.3 is 0 Å². The lowest BCUT2D eigenvalue weighted by molar-refractivity contribution is 0.102. The van der Waals surface area contributed by atoms with Crippen molar-refractivity contribution >= 4 is 28.2 Å². The van der Waals surface area contributed by atoms with Gasteiger partial charge < -0.3 is 5.32 Å². The molecule has 2 N–H and O–H groups in total. The number of aromatic nitrogens is 2. The van der Waals surface area contributed by atoms with Crippen LogP contribution in [0.25, 0.3) is 0 Å². The lowest BCUT2D eigenvalue weighted by atomic mass is 10.0. The molecule has 2 heterocycles. The summed E-state index contributed by atoms with van der Waals surface area (Å²) < 4.78 is 0. The first-order chi connectivity index (χ1) is 9.76. The molecular weight excluding hydrogens is 272 g/mol. The lowest BCUT2D eigenvalue weighted by Gasteiger charge is -2.06. The highest BCUT2D eigenvalue weighted by atomic mass is 32.1. The molecule has 6 heteroatoms. The van der Waals surface area contributed by atoms with Crippen LogP contribution in [0.4, 0.5) is 10.9 Å². The van der Waals surface area contributed by atoms with Crippen molar-refractivity contribution in [3.8, 4) is 0 Å². The van der Waals surface area contributed by atoms with E-state index in [0.29, 0.717) is 16.5 Å². The van der Waals surface area contributed by atoms with Crippen LogP contribution in [0.1, 0.15) is 33.8 Å². The standard InChI is InChI=1S/C14H16N4OS/c1-15-12-8-9(6-7-16-12)13(19)18-14-17-10-4-2-3-5-11(10)20-14/h6-8H,2-5H2,1H3,(H,15,16)(H,17,18,19). The van der Waals surface area contributed by atoms with E-state index < -0.39 is 0 Å². The van der Waals surface area contributed by atoms with Crippen LogP contribution in [-0.2, 0) is 12.8 Å². The van der Waals surface area contributed by atoms with Crippen LogP contribution in [0.15, 0.2) is 18.3 Å². The number of hydrogen-bond donors (Lipinski definition) is 2. The maximum atomic E-state index is 12.2. The lowest BCUT2D eigenvalue weighted by Crippen LogP contribution is -2.12. The van der Waals surface area contributed by atoms with Crippen LogP contribution in [0.2, 0.25) is 0 Å². The SMILES string of the molecule is CNc1cc(C(=O)Nc2nc3c(s2)CCCC3)ccn1. The maximum absolute atomic E-state index is 12.2. The average molecular weight is 288 g/mol. The van der Waals surface area contributed by atoms with Crippen LogP contribution in [0.5, 0.6) is 0 Å². The third kappa shape index (κ3) is 2.65. The van der Waals surface area contributed by atoms with Gasteiger partial charge in [-0.2, -0.15) is 0 Å². The number of thiazole rings is 1. The van der Waals surface area contributed by atoms with E-state index in [4.69, 9.17) is 0 Å². The Bertz CT molecular complexity index is 614. The molecular formula is C14H16N4OS. The topological polar surface area (TPSA) is 66.9 Å². The van der Waals surface area contributed by atoms with Crippen molar-refractivity contribution < 1.29 is 4.79 Å². The Morgan fingerprint density at radius 3 is 3.00 bits per heavy atom. The molecule has 1 amide bonds. The van der Waals surface area contributed by atoms with E-state index in [1.165, 1.54) is 17.7 Å². The van der Waals surface area contributed by atoms with Crippen molar-refractivity contribution in [2.75, 3.05) is 17.7 Å². The predicted octanol–water partition coefficient (Wildman–Crippen LogP) is 2.71. The van der Waals surface area contributed by atoms with E-state index >= 15 is 0 Å². The molecule has 0 bridgehead atoms. The number of amides is 1. The summed E-state index contributed by atoms with van der Waals surface area (Å²) in [5.74, 6) is 0.533. The summed E-state index contributed by atoms with van der Waals surface area (Å²) in [6, 6.07) is 3.42. The summed E-state index contributed by atoms with van der Waals surface area (Å²) in [5, 5.41) is 6.50. The third-order valence-electron chi connectivity index (χ3n) is 3.34. The Hall–Kier alpha value is -1.95. The Balaban J connectivity index is 1.76. The number of carbonyl (C=O) groups excluding carboxylic acids is 1. The number of anilines is 2. The van der Waals surface area contributed by atoms with Crippen molar-refractivity contribution in [2.45, 2.75) is 25.7 Å². The van der Waals surface area contributed by atoms with Gasteiger partial charge in [-0.25, -0.2) is 9.97 Å². The van der Waals surface area contributed by atoms with Crippen LogP contribution >= 0.6 is 11.3 Å². The molecule has 0 radical (unpaired) electrons. The van der Waals surface area contributed by atoms with Gasteiger partial charge in [0, 0.05) is 23.7 Å². The number of rotatable bonds is 3. The highest BCUT2D eigenvalue weighted by molar-refractivity contribution is 7.15. The zero-order valence-electron chi connectivity index (χ0n) is 11.3. The summed E-state index contributed by atoms with van der Waals surface area (Å²) in [5.41, 5.74) is 1.74. The molecule has 0 aliphatic heterocycles. The minimum Gasteiger partial charge on any atom is -0.373 e. The Morgan fingerprint density at radius 2 is 2.20 bits per heavy atom. The van der Waals surface area contributed by atoms with Crippen LogP contribution in [0, 0.1) is 0 Å². The highest BCUT2D eigenvalue weighted by Gasteiger charge is 2.16. The zero-order valence-corrected chi connectivity index (χ0v) is 12.1. The Kier molecular flexibility index (Phi) is 3.64. The van der Waals surface area contributed by atoms with E-state index in [9.17, 15) is 4.79 Å². The molecule has 0 fully saturated rings. The molecule has 1 aliphatic carbocycles. The summed E-state index contributed by atoms with van der Waals surface area (Å²) in [6.45, 7) is 0. The third-order valence-corrected chi connectivity index (χ3v) is 4.42. The smallest absolute Gasteiger partial charge is 0.257 e. The minimum atomic E-state index is -0.144. The zero-order chi connectivity index (χ0) is 13.9. The molecule has 20 heavy (non-hydrogen) atoms. The molecule has 0 aromatic carbocycles. The van der Waals surface area contributed by atoms with Gasteiger partial charge in [0.2, 0.25) is 0 Å². The molecule has 2 aromatic rings. The highest BCUT2D eigenvalue weighted by Crippen LogP contribution is 2.29. The molecule has 5 nitrogen and oxygen atoms in total. The number of pyridine rings is 1. The van der Waals surface area contributed by atoms with Gasteiger partial charge in [0.05, 0.1) is 5.69 Å². The van der Waals surface area contributed by atoms with Gasteiger partial charge in [0.25, 0.3) is 5.91 Å². The number of aryl methyl sites for hydroxylation is 2. The first kappa shape index (κ1) is 13.1. The normalized spacial score (nSPS) is 13.7. The number of fused-ring (bicyclic) bond motifs is 1. The van der Waals surface area contributed by atoms with Gasteiger partial charge in [-0.1, -0.05) is 0 Å². The minimum absolute atomic E-state index is 0.144. The summed E-state index contributed by atoms with van der Waals surface area (Å²) in [4.78, 5) is 22.1. The van der Waals surface area contributed by atoms with E-state index in [0.717, 1.165) is 18.5 Å². The fraction of sp³-hybridized carbons (Fsp3) is 0.357. The monoisotopic (exact) mass is 288 g/mol. The quantitative estimate of drug-likeness (QED) is 0.911. The van der Waals surface area contributed by atoms with Gasteiger partial charge in [0.1, 0.15) is 5.82 Å². The summed E-state index contributed by atoms with van der Waals surface area (Å²) in [6.07, 6.45) is 6.15. The molecule has 0 atom stereocenters. The van der Waals surface area contributed by atoms with Gasteiger partial charge in [-0.3, -0.25) is 10.1 Å². The molecule has 104 valence electrons. The second-order valence-corrected chi connectivity index (χ2v) is 5.81. The Labute approximate surface area is 121 Å². The van der Waals surface area contributed by atoms with E-state index in [1.54, 1.807) is 36.7 Å². The van der Waals surface area contributed by atoms with Crippen LogP contribution in [0.3, 0.4) is 0 Å². The van der Waals surface area contributed by atoms with Crippen molar-refractivity contribution in [1.82, 2.24) is 9.97 Å². The molecule has 0 spiro atoms. The van der Waals surface area contributed by atoms with E-state index in [-0.39, 0.29) is 5.91 Å². The first-order valence-electron chi connectivity index (χ1n) is 6.70. The van der Waals surface area contributed by atoms with Gasteiger partial charge in [0.15, 0.2) is 5.13 Å². The second-order valence-electron chi connectivity index (χ2n) is 4.73. The summed E-state index contributed by atoms with van der Waals surface area (Å²) >= 11 is 1.59. The number of carbonyl (C=O) groups is 1.